The van der Waals surface area contributed by atoms with Crippen LogP contribution in [0.15, 0.2) is 5.16 Å². The first-order valence-electron chi connectivity index (χ1n) is 7.38. The standard InChI is InChI=1S/C15H22N4O4S/c1-8-11(9(2)18-15(17-8)24-5)6-7-12(20)23-10(3)13(21)19-14(22)16-4/h10H,6-7H2,1-5H3,(H2,16,19,21,22)/t10-/m1/s1. The van der Waals surface area contributed by atoms with Crippen LogP contribution in [0.25, 0.3) is 0 Å². The summed E-state index contributed by atoms with van der Waals surface area (Å²) < 4.78 is 5.03. The normalized spacial score (nSPS) is 11.5. The first kappa shape index (κ1) is 19.9. The molecule has 0 unspecified atom stereocenters. The van der Waals surface area contributed by atoms with Gasteiger partial charge in [-0.25, -0.2) is 14.8 Å². The number of carbonyl (C=O) groups is 3. The molecule has 0 spiro atoms. The second-order valence-corrected chi connectivity index (χ2v) is 5.83. The molecule has 3 amide bonds. The van der Waals surface area contributed by atoms with Crippen LogP contribution in [0.1, 0.15) is 30.3 Å². The quantitative estimate of drug-likeness (QED) is 0.448. The van der Waals surface area contributed by atoms with E-state index in [2.05, 4.69) is 20.6 Å². The van der Waals surface area contributed by atoms with Crippen molar-refractivity contribution in [1.82, 2.24) is 20.6 Å². The summed E-state index contributed by atoms with van der Waals surface area (Å²) in [6, 6.07) is -0.653. The van der Waals surface area contributed by atoms with Gasteiger partial charge in [-0.2, -0.15) is 0 Å². The van der Waals surface area contributed by atoms with Crippen molar-refractivity contribution in [3.05, 3.63) is 17.0 Å². The van der Waals surface area contributed by atoms with E-state index in [4.69, 9.17) is 4.74 Å². The highest BCUT2D eigenvalue weighted by Gasteiger charge is 2.20. The largest absolute Gasteiger partial charge is 0.453 e. The highest BCUT2D eigenvalue weighted by molar-refractivity contribution is 7.98. The molecule has 0 aliphatic heterocycles. The van der Waals surface area contributed by atoms with E-state index in [1.165, 1.54) is 25.7 Å². The molecule has 0 saturated carbocycles. The molecule has 0 bridgehead atoms. The molecule has 8 nitrogen and oxygen atoms in total. The predicted molar refractivity (Wildman–Crippen MR) is 89.8 cm³/mol. The lowest BCUT2D eigenvalue weighted by atomic mass is 10.1. The van der Waals surface area contributed by atoms with Gasteiger partial charge in [0.15, 0.2) is 11.3 Å². The average Bonchev–Trinajstić information content (AvgIpc) is 2.53. The highest BCUT2D eigenvalue weighted by Crippen LogP contribution is 2.17. The Morgan fingerprint density at radius 3 is 2.29 bits per heavy atom. The topological polar surface area (TPSA) is 110 Å². The third kappa shape index (κ3) is 5.80. The number of hydrogen-bond donors (Lipinski definition) is 2. The van der Waals surface area contributed by atoms with Crippen molar-refractivity contribution in [2.45, 2.75) is 44.9 Å². The monoisotopic (exact) mass is 354 g/mol. The smallest absolute Gasteiger partial charge is 0.321 e. The zero-order valence-corrected chi connectivity index (χ0v) is 15.2. The minimum atomic E-state index is -1.05. The number of imide groups is 1. The molecule has 0 radical (unpaired) electrons. The number of thioether (sulfide) groups is 1. The highest BCUT2D eigenvalue weighted by atomic mass is 32.2. The fourth-order valence-electron chi connectivity index (χ4n) is 1.97. The molecule has 9 heteroatoms. The van der Waals surface area contributed by atoms with E-state index in [1.807, 2.05) is 20.1 Å². The molecular formula is C15H22N4O4S. The first-order chi connectivity index (χ1) is 11.3. The van der Waals surface area contributed by atoms with Crippen LogP contribution in [-0.4, -0.2) is 47.3 Å². The number of aryl methyl sites for hydroxylation is 2. The van der Waals surface area contributed by atoms with Crippen molar-refractivity contribution in [3.8, 4) is 0 Å². The van der Waals surface area contributed by atoms with Gasteiger partial charge >= 0.3 is 12.0 Å². The van der Waals surface area contributed by atoms with E-state index in [0.717, 1.165) is 17.0 Å². The molecule has 2 N–H and O–H groups in total. The summed E-state index contributed by atoms with van der Waals surface area (Å²) in [5.74, 6) is -1.20. The van der Waals surface area contributed by atoms with Crippen LogP contribution in [0.2, 0.25) is 0 Å². The Balaban J connectivity index is 2.58. The van der Waals surface area contributed by atoms with E-state index in [-0.39, 0.29) is 6.42 Å². The van der Waals surface area contributed by atoms with E-state index < -0.39 is 24.0 Å². The van der Waals surface area contributed by atoms with Gasteiger partial charge in [-0.05, 0) is 39.0 Å². The Morgan fingerprint density at radius 2 is 1.79 bits per heavy atom. The van der Waals surface area contributed by atoms with Crippen LogP contribution >= 0.6 is 11.8 Å². The minimum absolute atomic E-state index is 0.0985. The van der Waals surface area contributed by atoms with Gasteiger partial charge in [-0.15, -0.1) is 0 Å². The number of rotatable bonds is 6. The van der Waals surface area contributed by atoms with Crippen LogP contribution in [0.5, 0.6) is 0 Å². The maximum absolute atomic E-state index is 11.9. The molecule has 0 aliphatic carbocycles. The van der Waals surface area contributed by atoms with Gasteiger partial charge < -0.3 is 10.1 Å². The van der Waals surface area contributed by atoms with E-state index >= 15 is 0 Å². The Labute approximate surface area is 145 Å². The second kappa shape index (κ2) is 9.21. The van der Waals surface area contributed by atoms with Gasteiger partial charge in [0.25, 0.3) is 5.91 Å². The van der Waals surface area contributed by atoms with Crippen molar-refractivity contribution < 1.29 is 19.1 Å². The third-order valence-electron chi connectivity index (χ3n) is 3.30. The molecule has 1 aromatic rings. The molecule has 0 fully saturated rings. The second-order valence-electron chi connectivity index (χ2n) is 5.06. The Bertz CT molecular complexity index is 613. The average molecular weight is 354 g/mol. The van der Waals surface area contributed by atoms with Crippen LogP contribution in [0.4, 0.5) is 4.79 Å². The van der Waals surface area contributed by atoms with Gasteiger partial charge in [0, 0.05) is 24.9 Å². The number of urea groups is 1. The first-order valence-corrected chi connectivity index (χ1v) is 8.61. The lowest BCUT2D eigenvalue weighted by Gasteiger charge is -2.13. The van der Waals surface area contributed by atoms with E-state index in [1.54, 1.807) is 0 Å². The van der Waals surface area contributed by atoms with Crippen LogP contribution in [-0.2, 0) is 20.7 Å². The van der Waals surface area contributed by atoms with Gasteiger partial charge in [0.1, 0.15) is 0 Å². The molecule has 0 saturated heterocycles. The summed E-state index contributed by atoms with van der Waals surface area (Å²) in [4.78, 5) is 43.3. The molecule has 1 atom stereocenters. The predicted octanol–water partition coefficient (Wildman–Crippen LogP) is 1.14. The molecule has 132 valence electrons. The maximum Gasteiger partial charge on any atom is 0.321 e. The van der Waals surface area contributed by atoms with Crippen molar-refractivity contribution in [2.75, 3.05) is 13.3 Å². The number of carbonyl (C=O) groups excluding carboxylic acids is 3. The Morgan fingerprint density at radius 1 is 1.21 bits per heavy atom. The van der Waals surface area contributed by atoms with Gasteiger partial charge in [-0.3, -0.25) is 14.9 Å². The Hall–Kier alpha value is -2.16. The third-order valence-corrected chi connectivity index (χ3v) is 3.85. The minimum Gasteiger partial charge on any atom is -0.453 e. The SMILES string of the molecule is CNC(=O)NC(=O)[C@@H](C)OC(=O)CCc1c(C)nc(SC)nc1C. The maximum atomic E-state index is 11.9. The van der Waals surface area contributed by atoms with Crippen molar-refractivity contribution in [1.29, 1.82) is 0 Å². The fraction of sp³-hybridized carbons (Fsp3) is 0.533. The summed E-state index contributed by atoms with van der Waals surface area (Å²) in [5, 5.41) is 4.99. The lowest BCUT2D eigenvalue weighted by Crippen LogP contribution is -2.43. The molecule has 0 aliphatic rings. The van der Waals surface area contributed by atoms with Crippen molar-refractivity contribution >= 4 is 29.7 Å². The number of ether oxygens (including phenoxy) is 1. The number of nitrogens with zero attached hydrogens (tertiary/aromatic N) is 2. The number of hydrogen-bond acceptors (Lipinski definition) is 7. The molecule has 1 heterocycles. The molecule has 1 rings (SSSR count). The summed E-state index contributed by atoms with van der Waals surface area (Å²) >= 11 is 1.46. The number of esters is 1. The summed E-state index contributed by atoms with van der Waals surface area (Å²) in [6.45, 7) is 5.14. The zero-order valence-electron chi connectivity index (χ0n) is 14.4. The van der Waals surface area contributed by atoms with E-state index in [0.29, 0.717) is 11.6 Å². The fourth-order valence-corrected chi connectivity index (χ4v) is 2.43. The Kier molecular flexibility index (Phi) is 7.63. The summed E-state index contributed by atoms with van der Waals surface area (Å²) in [7, 11) is 1.38. The van der Waals surface area contributed by atoms with Crippen LogP contribution in [0.3, 0.4) is 0 Å². The van der Waals surface area contributed by atoms with Crippen molar-refractivity contribution in [3.63, 3.8) is 0 Å². The van der Waals surface area contributed by atoms with Crippen LogP contribution in [0, 0.1) is 13.8 Å². The van der Waals surface area contributed by atoms with Gasteiger partial charge in [0.05, 0.1) is 0 Å². The number of aromatic nitrogens is 2. The van der Waals surface area contributed by atoms with Gasteiger partial charge in [0.2, 0.25) is 0 Å². The molecule has 1 aromatic heterocycles. The van der Waals surface area contributed by atoms with E-state index in [9.17, 15) is 14.4 Å². The molecule has 0 aromatic carbocycles. The van der Waals surface area contributed by atoms with Gasteiger partial charge in [-0.1, -0.05) is 11.8 Å². The lowest BCUT2D eigenvalue weighted by molar-refractivity contribution is -0.154. The molecular weight excluding hydrogens is 332 g/mol. The zero-order chi connectivity index (χ0) is 18.3. The number of nitrogens with one attached hydrogen (secondary N) is 2. The number of amides is 3. The summed E-state index contributed by atoms with van der Waals surface area (Å²) in [5.41, 5.74) is 2.54. The van der Waals surface area contributed by atoms with Crippen molar-refractivity contribution in [2.24, 2.45) is 0 Å². The van der Waals surface area contributed by atoms with Crippen LogP contribution < -0.4 is 10.6 Å². The molecule has 24 heavy (non-hydrogen) atoms. The summed E-state index contributed by atoms with van der Waals surface area (Å²) in [6.07, 6.45) is 1.37.